The van der Waals surface area contributed by atoms with Crippen LogP contribution in [0.15, 0.2) is 30.3 Å². The summed E-state index contributed by atoms with van der Waals surface area (Å²) >= 11 is 0. The van der Waals surface area contributed by atoms with Crippen molar-refractivity contribution in [1.82, 2.24) is 4.48 Å². The van der Waals surface area contributed by atoms with E-state index < -0.39 is 144 Å². The summed E-state index contributed by atoms with van der Waals surface area (Å²) in [6, 6.07) is 10.5. The minimum atomic E-state index is -7.22. The summed E-state index contributed by atoms with van der Waals surface area (Å²) in [4.78, 5) is 0. The van der Waals surface area contributed by atoms with Crippen molar-refractivity contribution in [2.24, 2.45) is 0 Å². The number of nitrogens with zero attached hydrogens (tertiary/aromatic N) is 1. The van der Waals surface area contributed by atoms with Gasteiger partial charge in [0.1, 0.15) is 58.4 Å². The molecule has 22 heteroatoms. The lowest BCUT2D eigenvalue weighted by Crippen LogP contribution is -2.81. The van der Waals surface area contributed by atoms with E-state index in [1.54, 1.807) is 0 Å². The molecule has 5 aromatic carbocycles. The number of benzene rings is 5. The van der Waals surface area contributed by atoms with Crippen molar-refractivity contribution >= 4 is 33.7 Å². The Morgan fingerprint density at radius 3 is 0.582 bits per heavy atom. The maximum absolute atomic E-state index is 15.4. The first-order valence-corrected chi connectivity index (χ1v) is 14.4. The highest BCUT2D eigenvalue weighted by molar-refractivity contribution is 7.20. The van der Waals surface area contributed by atoms with Crippen LogP contribution in [-0.2, 0) is 0 Å². The highest BCUT2D eigenvalue weighted by atomic mass is 19.2. The topological polar surface area (TPSA) is 0 Å². The molecule has 0 aliphatic rings. The van der Waals surface area contributed by atoms with Crippen LogP contribution in [-0.4, -0.2) is 27.3 Å². The minimum absolute atomic E-state index is 0.890. The zero-order valence-corrected chi connectivity index (χ0v) is 27.0. The van der Waals surface area contributed by atoms with Gasteiger partial charge in [-0.05, 0) is 12.1 Å². The number of quaternary nitrogens is 1. The molecule has 1 nitrogen and oxygen atoms in total. The summed E-state index contributed by atoms with van der Waals surface area (Å²) < 4.78 is 295. The van der Waals surface area contributed by atoms with Crippen LogP contribution in [0.25, 0.3) is 0 Å². The average Bonchev–Trinajstić information content (AvgIpc) is 3.15. The van der Waals surface area contributed by atoms with Crippen LogP contribution in [0.1, 0.15) is 0 Å². The molecule has 0 spiro atoms. The van der Waals surface area contributed by atoms with Crippen LogP contribution in [0.2, 0.25) is 0 Å². The third kappa shape index (κ3) is 6.42. The van der Waals surface area contributed by atoms with Gasteiger partial charge in [0, 0.05) is 0 Å². The lowest BCUT2D eigenvalue weighted by Gasteiger charge is -2.44. The van der Waals surface area contributed by atoms with Crippen LogP contribution in [0.4, 0.5) is 93.5 Å². The molecule has 5 rings (SSSR count). The van der Waals surface area contributed by atoms with Crippen molar-refractivity contribution in [1.29, 1.82) is 0 Å². The Balaban J connectivity index is 0.000000583. The molecule has 294 valence electrons. The molecular formula is C33H14BF20N. The van der Waals surface area contributed by atoms with E-state index in [4.69, 9.17) is 0 Å². The van der Waals surface area contributed by atoms with Gasteiger partial charge in [-0.15, -0.1) is 21.9 Å². The van der Waals surface area contributed by atoms with Crippen LogP contribution >= 0.6 is 0 Å². The number of halogens is 20. The van der Waals surface area contributed by atoms with Gasteiger partial charge in [0.05, 0.1) is 21.1 Å². The molecule has 0 aromatic heterocycles. The van der Waals surface area contributed by atoms with Crippen molar-refractivity contribution in [3.63, 3.8) is 0 Å². The standard InChI is InChI=1S/C24BF20.C9H14N/c26-5-1(6(27)14(35)21(42)13(5)34)25(2-7(28)15(36)22(43)16(37)8(2)29,3-9(30)17(38)23(44)18(39)10(3)31)4-11(32)19(40)24(45)20(41)12(4)33;1-10(2,3)9-7-5-4-6-8-9/h;4-8H,1-3H3/q-1;+1. The first-order valence-electron chi connectivity index (χ1n) is 14.4. The van der Waals surface area contributed by atoms with Gasteiger partial charge in [-0.2, -0.15) is 0 Å². The van der Waals surface area contributed by atoms with Crippen molar-refractivity contribution < 1.29 is 87.8 Å². The van der Waals surface area contributed by atoms with Gasteiger partial charge < -0.3 is 0 Å². The summed E-state index contributed by atoms with van der Waals surface area (Å²) in [5.41, 5.74) is -13.0. The molecule has 0 saturated carbocycles. The lowest BCUT2D eigenvalue weighted by molar-refractivity contribution is 0.378. The molecule has 0 amide bonds. The van der Waals surface area contributed by atoms with Gasteiger partial charge in [0.15, 0.2) is 69.8 Å². The second kappa shape index (κ2) is 14.8. The van der Waals surface area contributed by atoms with E-state index in [1.807, 2.05) is 6.07 Å². The zero-order chi connectivity index (χ0) is 42.0. The fourth-order valence-electron chi connectivity index (χ4n) is 5.75. The first-order chi connectivity index (χ1) is 25.3. The molecule has 0 unspecified atom stereocenters. The smallest absolute Gasteiger partial charge is 0.200 e. The second-order valence-electron chi connectivity index (χ2n) is 12.1. The van der Waals surface area contributed by atoms with Crippen molar-refractivity contribution in [2.45, 2.75) is 0 Å². The Kier molecular flexibility index (Phi) is 11.4. The number of para-hydroxylation sites is 1. The fourth-order valence-corrected chi connectivity index (χ4v) is 5.75. The molecule has 0 saturated heterocycles. The molecule has 0 radical (unpaired) electrons. The molecule has 0 fully saturated rings. The molecule has 5 aromatic rings. The highest BCUT2D eigenvalue weighted by Gasteiger charge is 2.52. The van der Waals surface area contributed by atoms with E-state index in [9.17, 15) is 52.7 Å². The molecule has 0 aliphatic carbocycles. The monoisotopic (exact) mass is 815 g/mol. The quantitative estimate of drug-likeness (QED) is 0.0561. The molecule has 0 heterocycles. The molecule has 0 N–H and O–H groups in total. The van der Waals surface area contributed by atoms with E-state index >= 15 is 35.1 Å². The summed E-state index contributed by atoms with van der Waals surface area (Å²) in [6.07, 6.45) is -7.22. The Hall–Kier alpha value is -5.28. The molecule has 0 aliphatic heterocycles. The second-order valence-corrected chi connectivity index (χ2v) is 12.1. The van der Waals surface area contributed by atoms with Crippen LogP contribution < -0.4 is 26.3 Å². The fraction of sp³-hybridized carbons (Fsp3) is 0.0909. The van der Waals surface area contributed by atoms with Gasteiger partial charge >= 0.3 is 0 Å². The van der Waals surface area contributed by atoms with Crippen molar-refractivity contribution in [2.75, 3.05) is 21.1 Å². The predicted octanol–water partition coefficient (Wildman–Crippen LogP) is 7.73. The van der Waals surface area contributed by atoms with Crippen molar-refractivity contribution in [3.8, 4) is 0 Å². The lowest BCUT2D eigenvalue weighted by atomic mass is 9.12. The van der Waals surface area contributed by atoms with E-state index in [0.29, 0.717) is 0 Å². The summed E-state index contributed by atoms with van der Waals surface area (Å²) in [6.45, 7) is 0. The van der Waals surface area contributed by atoms with Crippen LogP contribution in [0, 0.1) is 116 Å². The van der Waals surface area contributed by atoms with E-state index in [1.165, 1.54) is 5.69 Å². The maximum Gasteiger partial charge on any atom is 0.200 e. The maximum atomic E-state index is 15.4. The number of rotatable bonds is 5. The van der Waals surface area contributed by atoms with Gasteiger partial charge in [-0.1, -0.05) is 18.2 Å². The third-order valence-electron chi connectivity index (χ3n) is 8.24. The van der Waals surface area contributed by atoms with Gasteiger partial charge in [0.25, 0.3) is 0 Å². The van der Waals surface area contributed by atoms with Gasteiger partial charge in [-0.3, -0.25) is 4.48 Å². The van der Waals surface area contributed by atoms with Gasteiger partial charge in [-0.25, -0.2) is 87.8 Å². The molecular weight excluding hydrogens is 801 g/mol. The Bertz CT molecular complexity index is 1980. The Labute approximate surface area is 294 Å². The molecule has 55 heavy (non-hydrogen) atoms. The van der Waals surface area contributed by atoms with Crippen molar-refractivity contribution in [3.05, 3.63) is 147 Å². The zero-order valence-electron chi connectivity index (χ0n) is 27.0. The van der Waals surface area contributed by atoms with Gasteiger partial charge in [0.2, 0.25) is 0 Å². The first kappa shape index (κ1) is 42.5. The summed E-state index contributed by atoms with van der Waals surface area (Å²) in [5.74, 6) is -71.4. The van der Waals surface area contributed by atoms with Crippen LogP contribution in [0.5, 0.6) is 0 Å². The predicted molar refractivity (Wildman–Crippen MR) is 155 cm³/mol. The summed E-state index contributed by atoms with van der Waals surface area (Å²) in [7, 11) is 6.49. The Morgan fingerprint density at radius 2 is 0.436 bits per heavy atom. The Morgan fingerprint density at radius 1 is 0.273 bits per heavy atom. The van der Waals surface area contributed by atoms with E-state index in [-0.39, 0.29) is 0 Å². The summed E-state index contributed by atoms with van der Waals surface area (Å²) in [5, 5.41) is 0. The molecule has 0 bridgehead atoms. The highest BCUT2D eigenvalue weighted by Crippen LogP contribution is 2.30. The normalized spacial score (nSPS) is 11.9. The minimum Gasteiger partial charge on any atom is -0.298 e. The molecule has 0 atom stereocenters. The van der Waals surface area contributed by atoms with Crippen LogP contribution in [0.3, 0.4) is 0 Å². The third-order valence-corrected chi connectivity index (χ3v) is 8.24. The van der Waals surface area contributed by atoms with E-state index in [2.05, 4.69) is 45.4 Å². The largest absolute Gasteiger partial charge is 0.298 e. The average molecular weight is 815 g/mol. The number of hydrogen-bond acceptors (Lipinski definition) is 0. The van der Waals surface area contributed by atoms with E-state index in [0.717, 1.165) is 4.48 Å². The SMILES string of the molecule is C[N+](C)(C)c1ccccc1.Fc1c(F)c(F)c([B-](c2c(F)c(F)c(F)c(F)c2F)(c2c(F)c(F)c(F)c(F)c2F)c2c(F)c(F)c(F)c(F)c2F)c(F)c1F. The number of hydrogen-bond donors (Lipinski definition) is 0.